The van der Waals surface area contributed by atoms with E-state index in [2.05, 4.69) is 16.3 Å². The number of terminal acetylenes is 1. The minimum Gasteiger partial charge on any atom is -0.351 e. The Bertz CT molecular complexity index is 364. The molecule has 1 rings (SSSR count). The standard InChI is InChI=1S/C12H17N3O/c1-4-7-11(5-2)14-12(16)10(3)15-9-6-8-13-15/h1,6,8-11H,5,7H2,2-3H3,(H,14,16). The van der Waals surface area contributed by atoms with Gasteiger partial charge < -0.3 is 5.32 Å². The summed E-state index contributed by atoms with van der Waals surface area (Å²) < 4.78 is 1.62. The summed E-state index contributed by atoms with van der Waals surface area (Å²) >= 11 is 0. The van der Waals surface area contributed by atoms with Gasteiger partial charge in [-0.2, -0.15) is 5.10 Å². The molecule has 0 aliphatic rings. The summed E-state index contributed by atoms with van der Waals surface area (Å²) in [6.07, 6.45) is 10.1. The van der Waals surface area contributed by atoms with Gasteiger partial charge in [0.25, 0.3) is 0 Å². The Labute approximate surface area is 96.0 Å². The van der Waals surface area contributed by atoms with Crippen molar-refractivity contribution >= 4 is 5.91 Å². The first kappa shape index (κ1) is 12.3. The average Bonchev–Trinajstić information content (AvgIpc) is 2.80. The van der Waals surface area contributed by atoms with E-state index in [4.69, 9.17) is 6.42 Å². The summed E-state index contributed by atoms with van der Waals surface area (Å²) in [5.74, 6) is 2.51. The summed E-state index contributed by atoms with van der Waals surface area (Å²) in [5, 5.41) is 6.95. The molecule has 0 aromatic carbocycles. The van der Waals surface area contributed by atoms with Gasteiger partial charge in [-0.25, -0.2) is 0 Å². The number of amides is 1. The van der Waals surface area contributed by atoms with Gasteiger partial charge in [-0.1, -0.05) is 6.92 Å². The quantitative estimate of drug-likeness (QED) is 0.760. The van der Waals surface area contributed by atoms with Crippen LogP contribution in [-0.4, -0.2) is 21.7 Å². The van der Waals surface area contributed by atoms with Crippen molar-refractivity contribution in [2.45, 2.75) is 38.8 Å². The monoisotopic (exact) mass is 219 g/mol. The number of rotatable bonds is 5. The number of carbonyl (C=O) groups is 1. The molecule has 0 radical (unpaired) electrons. The van der Waals surface area contributed by atoms with E-state index in [1.54, 1.807) is 23.1 Å². The lowest BCUT2D eigenvalue weighted by atomic mass is 10.1. The van der Waals surface area contributed by atoms with Gasteiger partial charge in [0.1, 0.15) is 6.04 Å². The summed E-state index contributed by atoms with van der Waals surface area (Å²) in [4.78, 5) is 11.8. The second kappa shape index (κ2) is 5.96. The van der Waals surface area contributed by atoms with Crippen LogP contribution in [-0.2, 0) is 4.79 Å². The van der Waals surface area contributed by atoms with Crippen molar-refractivity contribution in [1.29, 1.82) is 0 Å². The van der Waals surface area contributed by atoms with Gasteiger partial charge in [-0.05, 0) is 19.4 Å². The minimum absolute atomic E-state index is 0.0502. The maximum absolute atomic E-state index is 11.8. The molecule has 1 aromatic rings. The fourth-order valence-corrected chi connectivity index (χ4v) is 1.39. The number of carbonyl (C=O) groups excluding carboxylic acids is 1. The van der Waals surface area contributed by atoms with E-state index in [0.717, 1.165) is 6.42 Å². The lowest BCUT2D eigenvalue weighted by molar-refractivity contribution is -0.124. The lowest BCUT2D eigenvalue weighted by Crippen LogP contribution is -2.38. The van der Waals surface area contributed by atoms with Gasteiger partial charge in [0.05, 0.1) is 0 Å². The highest BCUT2D eigenvalue weighted by Crippen LogP contribution is 2.05. The molecule has 0 fully saturated rings. The van der Waals surface area contributed by atoms with Crippen LogP contribution in [0, 0.1) is 12.3 Å². The number of hydrogen-bond acceptors (Lipinski definition) is 2. The smallest absolute Gasteiger partial charge is 0.244 e. The zero-order valence-electron chi connectivity index (χ0n) is 9.68. The van der Waals surface area contributed by atoms with Crippen LogP contribution < -0.4 is 5.32 Å². The first-order valence-corrected chi connectivity index (χ1v) is 5.42. The van der Waals surface area contributed by atoms with Crippen LogP contribution in [0.2, 0.25) is 0 Å². The van der Waals surface area contributed by atoms with Crippen LogP contribution in [0.4, 0.5) is 0 Å². The fraction of sp³-hybridized carbons (Fsp3) is 0.500. The molecular weight excluding hydrogens is 202 g/mol. The first-order valence-electron chi connectivity index (χ1n) is 5.42. The molecule has 2 atom stereocenters. The lowest BCUT2D eigenvalue weighted by Gasteiger charge is -2.18. The normalized spacial score (nSPS) is 13.8. The molecule has 0 aliphatic carbocycles. The summed E-state index contributed by atoms with van der Waals surface area (Å²) in [6, 6.07) is 1.54. The van der Waals surface area contributed by atoms with Gasteiger partial charge in [0.15, 0.2) is 0 Å². The third-order valence-corrected chi connectivity index (χ3v) is 2.50. The molecule has 0 bridgehead atoms. The molecule has 1 N–H and O–H groups in total. The molecule has 0 saturated heterocycles. The molecule has 0 saturated carbocycles. The zero-order valence-corrected chi connectivity index (χ0v) is 9.68. The van der Waals surface area contributed by atoms with Crippen molar-refractivity contribution in [2.24, 2.45) is 0 Å². The van der Waals surface area contributed by atoms with Crippen molar-refractivity contribution in [1.82, 2.24) is 15.1 Å². The second-order valence-corrected chi connectivity index (χ2v) is 3.68. The highest BCUT2D eigenvalue weighted by atomic mass is 16.2. The van der Waals surface area contributed by atoms with Crippen molar-refractivity contribution in [3.8, 4) is 12.3 Å². The average molecular weight is 219 g/mol. The summed E-state index contributed by atoms with van der Waals surface area (Å²) in [7, 11) is 0. The molecule has 1 heterocycles. The molecular formula is C12H17N3O. The van der Waals surface area contributed by atoms with Crippen molar-refractivity contribution in [3.63, 3.8) is 0 Å². The Balaban J connectivity index is 2.55. The van der Waals surface area contributed by atoms with Crippen LogP contribution in [0.15, 0.2) is 18.5 Å². The van der Waals surface area contributed by atoms with Gasteiger partial charge in [0, 0.05) is 24.9 Å². The summed E-state index contributed by atoms with van der Waals surface area (Å²) in [5.41, 5.74) is 0. The maximum atomic E-state index is 11.8. The molecule has 4 heteroatoms. The third kappa shape index (κ3) is 3.13. The molecule has 0 aliphatic heterocycles. The van der Waals surface area contributed by atoms with Crippen LogP contribution in [0.1, 0.15) is 32.7 Å². The Hall–Kier alpha value is -1.76. The maximum Gasteiger partial charge on any atom is 0.244 e. The molecule has 2 unspecified atom stereocenters. The number of aromatic nitrogens is 2. The fourth-order valence-electron chi connectivity index (χ4n) is 1.39. The third-order valence-electron chi connectivity index (χ3n) is 2.50. The first-order chi connectivity index (χ1) is 7.69. The largest absolute Gasteiger partial charge is 0.351 e. The van der Waals surface area contributed by atoms with E-state index < -0.39 is 0 Å². The van der Waals surface area contributed by atoms with E-state index in [-0.39, 0.29) is 18.0 Å². The highest BCUT2D eigenvalue weighted by molar-refractivity contribution is 5.80. The molecule has 86 valence electrons. The second-order valence-electron chi connectivity index (χ2n) is 3.68. The Morgan fingerprint density at radius 3 is 2.94 bits per heavy atom. The Morgan fingerprint density at radius 2 is 2.44 bits per heavy atom. The van der Waals surface area contributed by atoms with Crippen LogP contribution >= 0.6 is 0 Å². The van der Waals surface area contributed by atoms with Gasteiger partial charge in [-0.3, -0.25) is 9.48 Å². The minimum atomic E-state index is -0.304. The molecule has 4 nitrogen and oxygen atoms in total. The topological polar surface area (TPSA) is 46.9 Å². The predicted molar refractivity (Wildman–Crippen MR) is 62.6 cm³/mol. The molecule has 0 spiro atoms. The van der Waals surface area contributed by atoms with Crippen molar-refractivity contribution in [2.75, 3.05) is 0 Å². The summed E-state index contributed by atoms with van der Waals surface area (Å²) in [6.45, 7) is 3.81. The van der Waals surface area contributed by atoms with E-state index >= 15 is 0 Å². The van der Waals surface area contributed by atoms with E-state index in [1.165, 1.54) is 0 Å². The van der Waals surface area contributed by atoms with Gasteiger partial charge in [-0.15, -0.1) is 12.3 Å². The van der Waals surface area contributed by atoms with Crippen molar-refractivity contribution in [3.05, 3.63) is 18.5 Å². The number of nitrogens with one attached hydrogen (secondary N) is 1. The van der Waals surface area contributed by atoms with E-state index in [1.807, 2.05) is 13.8 Å². The number of hydrogen-bond donors (Lipinski definition) is 1. The van der Waals surface area contributed by atoms with Gasteiger partial charge in [0.2, 0.25) is 5.91 Å². The van der Waals surface area contributed by atoms with E-state index in [0.29, 0.717) is 6.42 Å². The highest BCUT2D eigenvalue weighted by Gasteiger charge is 2.17. The van der Waals surface area contributed by atoms with E-state index in [9.17, 15) is 4.79 Å². The number of nitrogens with zero attached hydrogens (tertiary/aromatic N) is 2. The van der Waals surface area contributed by atoms with Gasteiger partial charge >= 0.3 is 0 Å². The van der Waals surface area contributed by atoms with Crippen LogP contribution in [0.5, 0.6) is 0 Å². The van der Waals surface area contributed by atoms with Crippen LogP contribution in [0.25, 0.3) is 0 Å². The molecule has 16 heavy (non-hydrogen) atoms. The SMILES string of the molecule is C#CCC(CC)NC(=O)C(C)n1cccn1. The Kier molecular flexibility index (Phi) is 4.59. The Morgan fingerprint density at radius 1 is 1.69 bits per heavy atom. The van der Waals surface area contributed by atoms with Crippen molar-refractivity contribution < 1.29 is 4.79 Å². The van der Waals surface area contributed by atoms with Crippen LogP contribution in [0.3, 0.4) is 0 Å². The molecule has 1 aromatic heterocycles. The molecule has 1 amide bonds. The predicted octanol–water partition coefficient (Wildman–Crippen LogP) is 1.36. The zero-order chi connectivity index (χ0) is 12.0.